The number of nitrogens with zero attached hydrogens (tertiary/aromatic N) is 9. The van der Waals surface area contributed by atoms with Gasteiger partial charge in [0.25, 0.3) is 0 Å². The number of carbonyl (C=O) groups excluding carboxylic acids is 1. The van der Waals surface area contributed by atoms with Gasteiger partial charge in [-0.05, 0) is 48.6 Å². The minimum Gasteiger partial charge on any atom is -0.352 e. The highest BCUT2D eigenvalue weighted by atomic mass is 19.1. The van der Waals surface area contributed by atoms with E-state index in [4.69, 9.17) is 23.5 Å². The van der Waals surface area contributed by atoms with Crippen LogP contribution in [-0.4, -0.2) is 91.4 Å². The van der Waals surface area contributed by atoms with Gasteiger partial charge in [-0.25, -0.2) is 18.7 Å². The van der Waals surface area contributed by atoms with Crippen LogP contribution < -0.4 is 4.90 Å². The van der Waals surface area contributed by atoms with Gasteiger partial charge in [0.15, 0.2) is 5.41 Å². The van der Waals surface area contributed by atoms with E-state index in [9.17, 15) is 24.1 Å². The molecule has 218 valence electrons. The third-order valence-electron chi connectivity index (χ3n) is 8.51. The average molecular weight is 597 g/mol. The van der Waals surface area contributed by atoms with E-state index in [1.54, 1.807) is 17.0 Å². The predicted octanol–water partition coefficient (Wildman–Crippen LogP) is 2.57. The third kappa shape index (κ3) is 5.20. The highest BCUT2D eigenvalue weighted by molar-refractivity contribution is 6.56. The molecule has 10 nitrogen and oxygen atoms in total. The molecule has 0 spiro atoms. The van der Waals surface area contributed by atoms with Gasteiger partial charge in [-0.3, -0.25) is 14.5 Å². The summed E-state index contributed by atoms with van der Waals surface area (Å²) in [4.78, 5) is 30.3. The molecule has 4 aromatic rings. The molecule has 3 aromatic heterocycles. The van der Waals surface area contributed by atoms with Gasteiger partial charge >= 0.3 is 0 Å². The number of halogens is 2. The molecule has 1 aliphatic heterocycles. The molecule has 1 aromatic carbocycles. The summed E-state index contributed by atoms with van der Waals surface area (Å²) in [7, 11) is 17.5. The van der Waals surface area contributed by atoms with Crippen LogP contribution in [0.5, 0.6) is 0 Å². The predicted molar refractivity (Wildman–Crippen MR) is 164 cm³/mol. The molecule has 6 radical (unpaired) electrons. The van der Waals surface area contributed by atoms with Gasteiger partial charge in [0, 0.05) is 49.1 Å². The first-order chi connectivity index (χ1) is 21.5. The molecule has 1 aliphatic carbocycles. The van der Waals surface area contributed by atoms with Crippen LogP contribution in [0.25, 0.3) is 33.3 Å². The molecule has 2 unspecified atom stereocenters. The quantitative estimate of drug-likeness (QED) is 0.298. The number of pyridine rings is 1. The van der Waals surface area contributed by atoms with Crippen molar-refractivity contribution in [2.75, 3.05) is 31.2 Å². The minimum absolute atomic E-state index is 0.0286. The molecular formula is C30H24B3F2N9O. The van der Waals surface area contributed by atoms with E-state index in [2.05, 4.69) is 20.1 Å². The van der Waals surface area contributed by atoms with Crippen molar-refractivity contribution < 1.29 is 13.6 Å². The molecule has 1 saturated carbocycles. The first-order valence-corrected chi connectivity index (χ1v) is 14.3. The lowest BCUT2D eigenvalue weighted by atomic mass is 9.49. The Kier molecular flexibility index (Phi) is 7.60. The van der Waals surface area contributed by atoms with Gasteiger partial charge in [0.05, 0.1) is 52.4 Å². The van der Waals surface area contributed by atoms with Crippen LogP contribution in [-0.2, 0) is 10.0 Å². The van der Waals surface area contributed by atoms with E-state index in [0.29, 0.717) is 65.0 Å². The molecular weight excluding hydrogens is 573 g/mol. The number of hydrogen-bond acceptors (Lipinski definition) is 8. The molecule has 0 bridgehead atoms. The second-order valence-electron chi connectivity index (χ2n) is 11.6. The number of fused-ring (bicyclic) bond motifs is 1. The summed E-state index contributed by atoms with van der Waals surface area (Å²) in [5, 5.41) is 22.5. The van der Waals surface area contributed by atoms with E-state index in [1.807, 2.05) is 24.0 Å². The maximum Gasteiger partial charge on any atom is 0.246 e. The van der Waals surface area contributed by atoms with Crippen molar-refractivity contribution in [3.63, 3.8) is 0 Å². The molecule has 45 heavy (non-hydrogen) atoms. The number of piperazine rings is 1. The Morgan fingerprint density at radius 1 is 1.11 bits per heavy atom. The van der Waals surface area contributed by atoms with Crippen LogP contribution in [0, 0.1) is 39.8 Å². The monoisotopic (exact) mass is 597 g/mol. The summed E-state index contributed by atoms with van der Waals surface area (Å²) in [5.74, 6) is -0.783. The largest absolute Gasteiger partial charge is 0.352 e. The highest BCUT2D eigenvalue weighted by Gasteiger charge is 2.54. The van der Waals surface area contributed by atoms with E-state index >= 15 is 0 Å². The Morgan fingerprint density at radius 3 is 2.47 bits per heavy atom. The summed E-state index contributed by atoms with van der Waals surface area (Å²) in [6.07, 6.45) is 5.32. The van der Waals surface area contributed by atoms with E-state index in [0.717, 1.165) is 10.9 Å². The van der Waals surface area contributed by atoms with Gasteiger partial charge in [0.2, 0.25) is 5.91 Å². The molecule has 4 heterocycles. The number of carbonyl (C=O) groups is 1. The van der Waals surface area contributed by atoms with Crippen LogP contribution in [0.2, 0.25) is 0 Å². The standard InChI is InChI=1S/C30H24B3F2N9O/c1-17-13-42(6-7-43(17)28(45)29(14-34,15-37)19-2-3-19)27-25-22(18-8-20(35)12-38-11-18)4-5-23(26(25)39-16-40-27)24-9-21(10-36)44(41-24)30(31,32)33/h4-5,8-9,11-12,16-17,19H,2-3,6-7,13-14H2,1H3. The summed E-state index contributed by atoms with van der Waals surface area (Å²) >= 11 is 0. The second kappa shape index (κ2) is 11.3. The van der Waals surface area contributed by atoms with Gasteiger partial charge in [-0.2, -0.15) is 15.6 Å². The second-order valence-corrected chi connectivity index (χ2v) is 11.6. The zero-order valence-corrected chi connectivity index (χ0v) is 24.4. The fraction of sp³-hybridized carbons (Fsp3) is 0.367. The number of nitriles is 2. The number of hydrogen-bond donors (Lipinski definition) is 0. The van der Waals surface area contributed by atoms with Crippen LogP contribution in [0.1, 0.15) is 25.5 Å². The van der Waals surface area contributed by atoms with Crippen molar-refractivity contribution in [2.45, 2.75) is 31.0 Å². The molecule has 0 N–H and O–H groups in total. The zero-order chi connectivity index (χ0) is 32.1. The maximum atomic E-state index is 14.4. The van der Waals surface area contributed by atoms with Crippen molar-refractivity contribution >= 4 is 46.2 Å². The molecule has 2 aliphatic rings. The van der Waals surface area contributed by atoms with E-state index in [-0.39, 0.29) is 24.2 Å². The van der Waals surface area contributed by atoms with Gasteiger partial charge in [-0.1, -0.05) is 6.07 Å². The summed E-state index contributed by atoms with van der Waals surface area (Å²) in [6.45, 7) is 1.71. The Balaban J connectivity index is 1.45. The lowest BCUT2D eigenvalue weighted by molar-refractivity contribution is -0.143. The van der Waals surface area contributed by atoms with Gasteiger partial charge in [-0.15, -0.1) is 0 Å². The molecule has 6 rings (SSSR count). The van der Waals surface area contributed by atoms with Crippen LogP contribution in [0.15, 0.2) is 43.0 Å². The summed E-state index contributed by atoms with van der Waals surface area (Å²) in [5.41, 5.74) is 0.693. The lowest BCUT2D eigenvalue weighted by Crippen LogP contribution is -2.58. The fourth-order valence-corrected chi connectivity index (χ4v) is 6.09. The van der Waals surface area contributed by atoms with Crippen LogP contribution in [0.4, 0.5) is 14.6 Å². The van der Waals surface area contributed by atoms with Gasteiger partial charge < -0.3 is 9.80 Å². The zero-order valence-electron chi connectivity index (χ0n) is 24.4. The van der Waals surface area contributed by atoms with Crippen LogP contribution >= 0.6 is 0 Å². The molecule has 2 atom stereocenters. The number of anilines is 1. The molecule has 1 amide bonds. The Hall–Kier alpha value is -4.78. The molecule has 15 heteroatoms. The number of alkyl halides is 1. The highest BCUT2D eigenvalue weighted by Crippen LogP contribution is 2.47. The van der Waals surface area contributed by atoms with Crippen molar-refractivity contribution in [2.24, 2.45) is 11.3 Å². The van der Waals surface area contributed by atoms with E-state index < -0.39 is 29.1 Å². The number of aromatic nitrogens is 5. The summed E-state index contributed by atoms with van der Waals surface area (Å²) in [6, 6.07) is 9.93. The molecule has 2 fully saturated rings. The Bertz CT molecular complexity index is 1900. The molecule has 1 saturated heterocycles. The number of rotatable bonds is 7. The van der Waals surface area contributed by atoms with Crippen molar-refractivity contribution in [1.82, 2.24) is 29.6 Å². The lowest BCUT2D eigenvalue weighted by Gasteiger charge is -2.43. The van der Waals surface area contributed by atoms with E-state index in [1.165, 1.54) is 24.7 Å². The number of amides is 1. The Morgan fingerprint density at radius 2 is 1.87 bits per heavy atom. The number of benzene rings is 1. The third-order valence-corrected chi connectivity index (χ3v) is 8.51. The smallest absolute Gasteiger partial charge is 0.246 e. The minimum atomic E-state index is -1.94. The maximum absolute atomic E-state index is 14.4. The SMILES string of the molecule is [B]C([B])([B])n1nc(-c2ccc(-c3cncc(F)c3)c3c(N4CCN(C(=O)C(C#N)(CF)C5CC5)C(C)C4)ncnc23)cc1C#N. The summed E-state index contributed by atoms with van der Waals surface area (Å²) < 4.78 is 29.6. The van der Waals surface area contributed by atoms with Crippen LogP contribution in [0.3, 0.4) is 0 Å². The average Bonchev–Trinajstić information content (AvgIpc) is 3.78. The van der Waals surface area contributed by atoms with Gasteiger partial charge in [0.1, 0.15) is 36.4 Å². The Labute approximate surface area is 262 Å². The fourth-order valence-electron chi connectivity index (χ4n) is 6.09. The van der Waals surface area contributed by atoms with Crippen molar-refractivity contribution in [3.8, 4) is 34.5 Å². The van der Waals surface area contributed by atoms with Crippen molar-refractivity contribution in [1.29, 1.82) is 10.5 Å². The normalized spacial score (nSPS) is 18.3. The topological polar surface area (TPSA) is 128 Å². The first kappa shape index (κ1) is 30.3. The first-order valence-electron chi connectivity index (χ1n) is 14.3. The van der Waals surface area contributed by atoms with Crippen molar-refractivity contribution in [3.05, 3.63) is 54.5 Å².